The zero-order valence-electron chi connectivity index (χ0n) is 12.0. The van der Waals surface area contributed by atoms with Crippen molar-refractivity contribution < 1.29 is 14.3 Å². The fourth-order valence-corrected chi connectivity index (χ4v) is 1.86. The molecule has 3 nitrogen and oxygen atoms in total. The molecule has 20 heavy (non-hydrogen) atoms. The minimum absolute atomic E-state index is 0.405. The highest BCUT2D eigenvalue weighted by Crippen LogP contribution is 2.22. The molecule has 3 heteroatoms. The molecule has 0 saturated carbocycles. The first-order valence-electron chi connectivity index (χ1n) is 6.63. The van der Waals surface area contributed by atoms with E-state index in [4.69, 9.17) is 9.47 Å². The summed E-state index contributed by atoms with van der Waals surface area (Å²) in [6.45, 7) is 6.39. The van der Waals surface area contributed by atoms with Crippen molar-refractivity contribution in [3.05, 3.63) is 59.2 Å². The molecule has 0 bridgehead atoms. The van der Waals surface area contributed by atoms with Crippen molar-refractivity contribution in [3.8, 4) is 11.5 Å². The molecule has 0 atom stereocenters. The quantitative estimate of drug-likeness (QED) is 0.624. The standard InChI is InChI=1S/C17H18O3/c1-4-19-16-8-6-5-7-15(16)17(18)20-14-10-9-12(2)13(3)11-14/h5-11H,4H2,1-3H3. The first-order chi connectivity index (χ1) is 9.61. The van der Waals surface area contributed by atoms with Crippen LogP contribution in [0.4, 0.5) is 0 Å². The molecule has 0 fully saturated rings. The van der Waals surface area contributed by atoms with Crippen LogP contribution < -0.4 is 9.47 Å². The van der Waals surface area contributed by atoms with Gasteiger partial charge in [-0.15, -0.1) is 0 Å². The van der Waals surface area contributed by atoms with Crippen molar-refractivity contribution in [3.63, 3.8) is 0 Å². The second kappa shape index (κ2) is 6.24. The summed E-state index contributed by atoms with van der Waals surface area (Å²) in [6.07, 6.45) is 0. The number of hydrogen-bond acceptors (Lipinski definition) is 3. The van der Waals surface area contributed by atoms with Gasteiger partial charge in [-0.1, -0.05) is 18.2 Å². The molecule has 0 heterocycles. The molecule has 2 aromatic rings. The van der Waals surface area contributed by atoms with E-state index in [2.05, 4.69) is 0 Å². The largest absolute Gasteiger partial charge is 0.493 e. The Balaban J connectivity index is 2.21. The maximum atomic E-state index is 12.2. The number of ether oxygens (including phenoxy) is 2. The number of hydrogen-bond donors (Lipinski definition) is 0. The summed E-state index contributed by atoms with van der Waals surface area (Å²) in [4.78, 5) is 12.2. The topological polar surface area (TPSA) is 35.5 Å². The third-order valence-corrected chi connectivity index (χ3v) is 3.10. The predicted octanol–water partition coefficient (Wildman–Crippen LogP) is 3.92. The Morgan fingerprint density at radius 3 is 2.50 bits per heavy atom. The van der Waals surface area contributed by atoms with Crippen LogP contribution in [0.1, 0.15) is 28.4 Å². The minimum atomic E-state index is -0.405. The van der Waals surface area contributed by atoms with Crippen LogP contribution >= 0.6 is 0 Å². The molecule has 0 amide bonds. The van der Waals surface area contributed by atoms with Gasteiger partial charge >= 0.3 is 5.97 Å². The van der Waals surface area contributed by atoms with Crippen molar-refractivity contribution in [1.29, 1.82) is 0 Å². The number of carbonyl (C=O) groups excluding carboxylic acids is 1. The lowest BCUT2D eigenvalue weighted by Gasteiger charge is -2.10. The summed E-state index contributed by atoms with van der Waals surface area (Å²) in [5, 5.41) is 0. The van der Waals surface area contributed by atoms with E-state index in [9.17, 15) is 4.79 Å². The van der Waals surface area contributed by atoms with E-state index in [0.29, 0.717) is 23.7 Å². The van der Waals surface area contributed by atoms with Gasteiger partial charge in [-0.05, 0) is 56.2 Å². The lowest BCUT2D eigenvalue weighted by atomic mass is 10.1. The third-order valence-electron chi connectivity index (χ3n) is 3.10. The average molecular weight is 270 g/mol. The number of aryl methyl sites for hydroxylation is 2. The van der Waals surface area contributed by atoms with Crippen LogP contribution in [0.15, 0.2) is 42.5 Å². The van der Waals surface area contributed by atoms with E-state index in [0.717, 1.165) is 5.56 Å². The van der Waals surface area contributed by atoms with Gasteiger partial charge in [-0.3, -0.25) is 0 Å². The molecule has 0 spiro atoms. The molecule has 0 N–H and O–H groups in total. The maximum Gasteiger partial charge on any atom is 0.347 e. The molecule has 0 aliphatic heterocycles. The molecule has 0 radical (unpaired) electrons. The van der Waals surface area contributed by atoms with Crippen molar-refractivity contribution in [1.82, 2.24) is 0 Å². The number of rotatable bonds is 4. The van der Waals surface area contributed by atoms with Gasteiger partial charge in [0.15, 0.2) is 0 Å². The highest BCUT2D eigenvalue weighted by molar-refractivity contribution is 5.94. The molecule has 0 unspecified atom stereocenters. The molecule has 2 rings (SSSR count). The smallest absolute Gasteiger partial charge is 0.347 e. The number of carbonyl (C=O) groups is 1. The molecule has 104 valence electrons. The van der Waals surface area contributed by atoms with E-state index in [1.165, 1.54) is 5.56 Å². The van der Waals surface area contributed by atoms with E-state index < -0.39 is 5.97 Å². The first kappa shape index (κ1) is 14.1. The van der Waals surface area contributed by atoms with E-state index in [1.54, 1.807) is 24.3 Å². The Morgan fingerprint density at radius 1 is 1.05 bits per heavy atom. The Morgan fingerprint density at radius 2 is 1.80 bits per heavy atom. The fraction of sp³-hybridized carbons (Fsp3) is 0.235. The molecular weight excluding hydrogens is 252 g/mol. The second-order valence-corrected chi connectivity index (χ2v) is 4.56. The normalized spacial score (nSPS) is 10.2. The highest BCUT2D eigenvalue weighted by Gasteiger charge is 2.14. The van der Waals surface area contributed by atoms with Crippen LogP contribution in [0.2, 0.25) is 0 Å². The molecule has 2 aromatic carbocycles. The van der Waals surface area contributed by atoms with Crippen LogP contribution in [0.5, 0.6) is 11.5 Å². The van der Waals surface area contributed by atoms with Crippen molar-refractivity contribution in [2.45, 2.75) is 20.8 Å². The van der Waals surface area contributed by atoms with E-state index in [-0.39, 0.29) is 0 Å². The Hall–Kier alpha value is -2.29. The monoisotopic (exact) mass is 270 g/mol. The summed E-state index contributed by atoms with van der Waals surface area (Å²) in [5.41, 5.74) is 2.69. The zero-order valence-corrected chi connectivity index (χ0v) is 12.0. The Kier molecular flexibility index (Phi) is 4.41. The first-order valence-corrected chi connectivity index (χ1v) is 6.63. The molecule has 0 aromatic heterocycles. The number of esters is 1. The van der Waals surface area contributed by atoms with Gasteiger partial charge in [0, 0.05) is 0 Å². The van der Waals surface area contributed by atoms with Gasteiger partial charge in [0.25, 0.3) is 0 Å². The summed E-state index contributed by atoms with van der Waals surface area (Å²) >= 11 is 0. The molecular formula is C17H18O3. The molecule has 0 aliphatic rings. The third kappa shape index (κ3) is 3.18. The SMILES string of the molecule is CCOc1ccccc1C(=O)Oc1ccc(C)c(C)c1. The van der Waals surface area contributed by atoms with Gasteiger partial charge in [0.05, 0.1) is 6.61 Å². The van der Waals surface area contributed by atoms with Crippen molar-refractivity contribution in [2.75, 3.05) is 6.61 Å². The van der Waals surface area contributed by atoms with Gasteiger partial charge in [0.1, 0.15) is 17.1 Å². The summed E-state index contributed by atoms with van der Waals surface area (Å²) in [5.74, 6) is 0.686. The minimum Gasteiger partial charge on any atom is -0.493 e. The van der Waals surface area contributed by atoms with E-state index >= 15 is 0 Å². The summed E-state index contributed by atoms with van der Waals surface area (Å²) in [7, 11) is 0. The van der Waals surface area contributed by atoms with Gasteiger partial charge < -0.3 is 9.47 Å². The average Bonchev–Trinajstić information content (AvgIpc) is 2.44. The summed E-state index contributed by atoms with van der Waals surface area (Å²) in [6, 6.07) is 12.7. The van der Waals surface area contributed by atoms with Crippen LogP contribution in [0.25, 0.3) is 0 Å². The molecule has 0 aliphatic carbocycles. The van der Waals surface area contributed by atoms with Crippen molar-refractivity contribution in [2.24, 2.45) is 0 Å². The van der Waals surface area contributed by atoms with Crippen LogP contribution in [0, 0.1) is 13.8 Å². The van der Waals surface area contributed by atoms with Crippen LogP contribution in [0.3, 0.4) is 0 Å². The Labute approximate surface area is 119 Å². The lowest BCUT2D eigenvalue weighted by Crippen LogP contribution is -2.11. The number of benzene rings is 2. The van der Waals surface area contributed by atoms with Gasteiger partial charge in [-0.25, -0.2) is 4.79 Å². The predicted molar refractivity (Wildman–Crippen MR) is 78.5 cm³/mol. The van der Waals surface area contributed by atoms with Crippen LogP contribution in [-0.4, -0.2) is 12.6 Å². The van der Waals surface area contributed by atoms with Crippen LogP contribution in [-0.2, 0) is 0 Å². The Bertz CT molecular complexity index is 617. The van der Waals surface area contributed by atoms with Crippen molar-refractivity contribution >= 4 is 5.97 Å². The lowest BCUT2D eigenvalue weighted by molar-refractivity contribution is 0.0730. The fourth-order valence-electron chi connectivity index (χ4n) is 1.86. The molecule has 0 saturated heterocycles. The summed E-state index contributed by atoms with van der Waals surface area (Å²) < 4.78 is 10.8. The number of para-hydroxylation sites is 1. The maximum absolute atomic E-state index is 12.2. The van der Waals surface area contributed by atoms with Gasteiger partial charge in [0.2, 0.25) is 0 Å². The van der Waals surface area contributed by atoms with Gasteiger partial charge in [-0.2, -0.15) is 0 Å². The zero-order chi connectivity index (χ0) is 14.5. The second-order valence-electron chi connectivity index (χ2n) is 4.56. The highest BCUT2D eigenvalue weighted by atomic mass is 16.5. The van der Waals surface area contributed by atoms with E-state index in [1.807, 2.05) is 39.0 Å².